The van der Waals surface area contributed by atoms with Gasteiger partial charge in [0.25, 0.3) is 0 Å². The van der Waals surface area contributed by atoms with Gasteiger partial charge in [-0.1, -0.05) is 44.3 Å². The molecule has 0 amide bonds. The molecule has 124 valence electrons. The average molecular weight is 297 g/mol. The van der Waals surface area contributed by atoms with Gasteiger partial charge in [0.05, 0.1) is 6.61 Å². The average Bonchev–Trinajstić information content (AvgIpc) is 2.48. The Morgan fingerprint density at radius 1 is 0.857 bits per heavy atom. The number of hydrogen-bond acceptors (Lipinski definition) is 3. The summed E-state index contributed by atoms with van der Waals surface area (Å²) < 4.78 is 4.90. The zero-order valence-corrected chi connectivity index (χ0v) is 13.9. The number of ether oxygens (including phenoxy) is 1. The van der Waals surface area contributed by atoms with Gasteiger partial charge in [-0.3, -0.25) is 4.79 Å². The molecule has 0 aromatic heterocycles. The van der Waals surface area contributed by atoms with Crippen molar-refractivity contribution in [1.29, 1.82) is 0 Å². The van der Waals surface area contributed by atoms with Crippen LogP contribution in [0.4, 0.5) is 0 Å². The molecule has 0 aromatic rings. The van der Waals surface area contributed by atoms with Crippen molar-refractivity contribution in [1.82, 2.24) is 0 Å². The fourth-order valence-corrected chi connectivity index (χ4v) is 2.29. The third kappa shape index (κ3) is 17.1. The first-order valence-electron chi connectivity index (χ1n) is 8.82. The molecule has 0 unspecified atom stereocenters. The van der Waals surface area contributed by atoms with Gasteiger partial charge in [-0.05, 0) is 52.0 Å². The van der Waals surface area contributed by atoms with Crippen LogP contribution in [0.5, 0.6) is 0 Å². The first-order valence-corrected chi connectivity index (χ1v) is 8.82. The van der Waals surface area contributed by atoms with Crippen LogP contribution in [0.1, 0.15) is 84.0 Å². The first-order chi connectivity index (χ1) is 10.3. The molecular formula is C18H35NO2. The second-order valence-corrected chi connectivity index (χ2v) is 5.57. The van der Waals surface area contributed by atoms with Crippen LogP contribution in [0.25, 0.3) is 0 Å². The Balaban J connectivity index is 3.13. The van der Waals surface area contributed by atoms with E-state index in [2.05, 4.69) is 12.2 Å². The summed E-state index contributed by atoms with van der Waals surface area (Å²) in [5.41, 5.74) is 5.46. The lowest BCUT2D eigenvalue weighted by Gasteiger charge is -2.01. The summed E-state index contributed by atoms with van der Waals surface area (Å²) in [6, 6.07) is 0. The van der Waals surface area contributed by atoms with Crippen LogP contribution < -0.4 is 5.73 Å². The first kappa shape index (κ1) is 20.2. The Morgan fingerprint density at radius 2 is 1.38 bits per heavy atom. The fraction of sp³-hybridized carbons (Fsp3) is 0.833. The smallest absolute Gasteiger partial charge is 0.305 e. The molecule has 0 aliphatic carbocycles. The molecule has 2 N–H and O–H groups in total. The Labute approximate surface area is 131 Å². The highest BCUT2D eigenvalue weighted by molar-refractivity contribution is 5.69. The van der Waals surface area contributed by atoms with E-state index in [-0.39, 0.29) is 5.97 Å². The Hall–Kier alpha value is -0.830. The van der Waals surface area contributed by atoms with E-state index < -0.39 is 0 Å². The number of hydrogen-bond donors (Lipinski definition) is 1. The molecule has 0 aliphatic rings. The zero-order valence-electron chi connectivity index (χ0n) is 13.9. The third-order valence-corrected chi connectivity index (χ3v) is 3.55. The zero-order chi connectivity index (χ0) is 15.6. The SMILES string of the molecule is CCOC(=O)CCCCCC/C=C\CCCCCCCN. The van der Waals surface area contributed by atoms with Crippen LogP contribution in [0, 0.1) is 0 Å². The Morgan fingerprint density at radius 3 is 1.95 bits per heavy atom. The van der Waals surface area contributed by atoms with Gasteiger partial charge < -0.3 is 10.5 Å². The van der Waals surface area contributed by atoms with Gasteiger partial charge in [0, 0.05) is 6.42 Å². The van der Waals surface area contributed by atoms with Gasteiger partial charge in [0.1, 0.15) is 0 Å². The van der Waals surface area contributed by atoms with E-state index in [1.54, 1.807) is 0 Å². The normalized spacial score (nSPS) is 11.1. The molecule has 0 saturated heterocycles. The number of allylic oxidation sites excluding steroid dienone is 2. The summed E-state index contributed by atoms with van der Waals surface area (Å²) >= 11 is 0. The molecule has 0 rings (SSSR count). The van der Waals surface area contributed by atoms with E-state index >= 15 is 0 Å². The lowest BCUT2D eigenvalue weighted by molar-refractivity contribution is -0.143. The van der Waals surface area contributed by atoms with Crippen molar-refractivity contribution in [2.24, 2.45) is 5.73 Å². The fourth-order valence-electron chi connectivity index (χ4n) is 2.29. The molecule has 3 nitrogen and oxygen atoms in total. The summed E-state index contributed by atoms with van der Waals surface area (Å²) in [5, 5.41) is 0. The van der Waals surface area contributed by atoms with Gasteiger partial charge in [-0.25, -0.2) is 0 Å². The molecule has 0 aromatic carbocycles. The minimum Gasteiger partial charge on any atom is -0.466 e. The van der Waals surface area contributed by atoms with Crippen molar-refractivity contribution in [3.8, 4) is 0 Å². The highest BCUT2D eigenvalue weighted by atomic mass is 16.5. The molecule has 0 radical (unpaired) electrons. The monoisotopic (exact) mass is 297 g/mol. The lowest BCUT2D eigenvalue weighted by Crippen LogP contribution is -2.02. The predicted molar refractivity (Wildman–Crippen MR) is 90.2 cm³/mol. The van der Waals surface area contributed by atoms with Crippen LogP contribution in [0.15, 0.2) is 12.2 Å². The Kier molecular flexibility index (Phi) is 16.5. The number of unbranched alkanes of at least 4 members (excludes halogenated alkanes) is 9. The second kappa shape index (κ2) is 17.2. The summed E-state index contributed by atoms with van der Waals surface area (Å²) in [6.45, 7) is 3.18. The maximum absolute atomic E-state index is 11.1. The second-order valence-electron chi connectivity index (χ2n) is 5.57. The molecule has 3 heteroatoms. The van der Waals surface area contributed by atoms with Crippen LogP contribution >= 0.6 is 0 Å². The minimum absolute atomic E-state index is 0.0520. The van der Waals surface area contributed by atoms with E-state index in [9.17, 15) is 4.79 Å². The van der Waals surface area contributed by atoms with Gasteiger partial charge >= 0.3 is 5.97 Å². The van der Waals surface area contributed by atoms with E-state index in [0.29, 0.717) is 13.0 Å². The number of nitrogens with two attached hydrogens (primary N) is 1. The lowest BCUT2D eigenvalue weighted by atomic mass is 10.1. The van der Waals surface area contributed by atoms with Gasteiger partial charge in [-0.15, -0.1) is 0 Å². The van der Waals surface area contributed by atoms with Crippen LogP contribution in [-0.4, -0.2) is 19.1 Å². The van der Waals surface area contributed by atoms with Gasteiger partial charge in [0.2, 0.25) is 0 Å². The molecule has 0 spiro atoms. The highest BCUT2D eigenvalue weighted by Gasteiger charge is 1.99. The standard InChI is InChI=1S/C18H35NO2/c1-2-21-18(20)16-14-12-10-8-6-4-3-5-7-9-11-13-15-17-19/h3-4H,2,5-17,19H2,1H3/b4-3-. The maximum Gasteiger partial charge on any atom is 0.305 e. The minimum atomic E-state index is -0.0520. The van der Waals surface area contributed by atoms with Crippen molar-refractivity contribution >= 4 is 5.97 Å². The quantitative estimate of drug-likeness (QED) is 0.270. The highest BCUT2D eigenvalue weighted by Crippen LogP contribution is 2.08. The van der Waals surface area contributed by atoms with Gasteiger partial charge in [0.15, 0.2) is 0 Å². The van der Waals surface area contributed by atoms with Crippen LogP contribution in [-0.2, 0) is 9.53 Å². The summed E-state index contributed by atoms with van der Waals surface area (Å²) in [4.78, 5) is 11.1. The van der Waals surface area contributed by atoms with Crippen molar-refractivity contribution in [2.45, 2.75) is 84.0 Å². The van der Waals surface area contributed by atoms with E-state index in [1.807, 2.05) is 6.92 Å². The molecule has 0 aliphatic heterocycles. The van der Waals surface area contributed by atoms with Gasteiger partial charge in [-0.2, -0.15) is 0 Å². The number of esters is 1. The van der Waals surface area contributed by atoms with Crippen LogP contribution in [0.2, 0.25) is 0 Å². The van der Waals surface area contributed by atoms with Crippen molar-refractivity contribution in [2.75, 3.05) is 13.2 Å². The number of rotatable bonds is 15. The summed E-state index contributed by atoms with van der Waals surface area (Å²) in [7, 11) is 0. The number of carbonyl (C=O) groups is 1. The Bertz CT molecular complexity index is 252. The summed E-state index contributed by atoms with van der Waals surface area (Å²) in [6.07, 6.45) is 18.6. The molecular weight excluding hydrogens is 262 g/mol. The van der Waals surface area contributed by atoms with Crippen molar-refractivity contribution in [3.05, 3.63) is 12.2 Å². The third-order valence-electron chi connectivity index (χ3n) is 3.55. The molecule has 0 saturated carbocycles. The molecule has 0 bridgehead atoms. The van der Waals surface area contributed by atoms with Crippen LogP contribution in [0.3, 0.4) is 0 Å². The molecule has 21 heavy (non-hydrogen) atoms. The number of carbonyl (C=O) groups excluding carboxylic acids is 1. The molecule has 0 fully saturated rings. The summed E-state index contributed by atoms with van der Waals surface area (Å²) in [5.74, 6) is -0.0520. The molecule has 0 atom stereocenters. The molecule has 0 heterocycles. The van der Waals surface area contributed by atoms with E-state index in [0.717, 1.165) is 19.4 Å². The topological polar surface area (TPSA) is 52.3 Å². The maximum atomic E-state index is 11.1. The largest absolute Gasteiger partial charge is 0.466 e. The van der Waals surface area contributed by atoms with E-state index in [1.165, 1.54) is 57.8 Å². The van der Waals surface area contributed by atoms with Crippen molar-refractivity contribution < 1.29 is 9.53 Å². The predicted octanol–water partition coefficient (Wildman–Crippen LogP) is 4.75. The van der Waals surface area contributed by atoms with E-state index in [4.69, 9.17) is 10.5 Å². The van der Waals surface area contributed by atoms with Crippen molar-refractivity contribution in [3.63, 3.8) is 0 Å².